The normalized spacial score (nSPS) is 17.3. The number of allylic oxidation sites excluding steroid dienone is 1. The summed E-state index contributed by atoms with van der Waals surface area (Å²) in [5.41, 5.74) is 6.69. The first-order valence-electron chi connectivity index (χ1n) is 8.86. The molecule has 1 aliphatic heterocycles. The number of nitrogens with zero attached hydrogens (tertiary/aromatic N) is 1. The third kappa shape index (κ3) is 4.25. The molecule has 2 rings (SSSR count). The smallest absolute Gasteiger partial charge is 0.0566 e. The van der Waals surface area contributed by atoms with Gasteiger partial charge in [0.1, 0.15) is 0 Å². The molecule has 0 unspecified atom stereocenters. The van der Waals surface area contributed by atoms with Crippen molar-refractivity contribution < 1.29 is 0 Å². The van der Waals surface area contributed by atoms with Gasteiger partial charge in [0.2, 0.25) is 0 Å². The monoisotopic (exact) mass is 312 g/mol. The molecule has 1 heterocycles. The summed E-state index contributed by atoms with van der Waals surface area (Å²) in [7, 11) is 0. The minimum Gasteiger partial charge on any atom is -0.360 e. The fraction of sp³-hybridized carbons (Fsp3) is 0.571. The van der Waals surface area contributed by atoms with Crippen molar-refractivity contribution in [3.63, 3.8) is 0 Å². The van der Waals surface area contributed by atoms with Crippen LogP contribution in [-0.2, 0) is 0 Å². The molecule has 0 fully saturated rings. The first-order valence-corrected chi connectivity index (χ1v) is 8.86. The Balaban J connectivity index is 2.30. The second-order valence-electron chi connectivity index (χ2n) is 8.21. The highest BCUT2D eigenvalue weighted by Gasteiger charge is 2.23. The molecule has 1 aromatic carbocycles. The molecule has 0 aliphatic carbocycles. The van der Waals surface area contributed by atoms with Gasteiger partial charge in [-0.15, -0.1) is 0 Å². The van der Waals surface area contributed by atoms with Gasteiger partial charge in [0.05, 0.1) is 5.70 Å². The summed E-state index contributed by atoms with van der Waals surface area (Å²) in [6.45, 7) is 15.7. The van der Waals surface area contributed by atoms with Gasteiger partial charge in [-0.3, -0.25) is 4.99 Å². The Morgan fingerprint density at radius 3 is 2.00 bits per heavy atom. The lowest BCUT2D eigenvalue weighted by Gasteiger charge is -2.19. The molecule has 0 amide bonds. The van der Waals surface area contributed by atoms with Crippen LogP contribution in [0.15, 0.2) is 35.1 Å². The van der Waals surface area contributed by atoms with Gasteiger partial charge in [-0.25, -0.2) is 0 Å². The summed E-state index contributed by atoms with van der Waals surface area (Å²) < 4.78 is 0. The van der Waals surface area contributed by atoms with Crippen LogP contribution in [0.3, 0.4) is 0 Å². The van der Waals surface area contributed by atoms with Crippen LogP contribution < -0.4 is 5.32 Å². The predicted molar refractivity (Wildman–Crippen MR) is 102 cm³/mol. The maximum atomic E-state index is 4.84. The minimum absolute atomic E-state index is 0.175. The molecule has 0 saturated carbocycles. The van der Waals surface area contributed by atoms with Gasteiger partial charge in [-0.1, -0.05) is 66.7 Å². The largest absolute Gasteiger partial charge is 0.360 e. The molecule has 1 aliphatic rings. The fourth-order valence-corrected chi connectivity index (χ4v) is 3.05. The van der Waals surface area contributed by atoms with Gasteiger partial charge >= 0.3 is 0 Å². The number of hydrogen-bond donors (Lipinski definition) is 1. The van der Waals surface area contributed by atoms with E-state index >= 15 is 0 Å². The highest BCUT2D eigenvalue weighted by Crippen LogP contribution is 2.33. The van der Waals surface area contributed by atoms with Crippen LogP contribution in [-0.4, -0.2) is 5.71 Å². The van der Waals surface area contributed by atoms with Gasteiger partial charge in [-0.05, 0) is 35.8 Å². The lowest BCUT2D eigenvalue weighted by atomic mass is 9.88. The number of benzene rings is 1. The van der Waals surface area contributed by atoms with E-state index in [4.69, 9.17) is 4.99 Å². The molecule has 2 nitrogen and oxygen atoms in total. The van der Waals surface area contributed by atoms with Gasteiger partial charge in [0.25, 0.3) is 0 Å². The summed E-state index contributed by atoms with van der Waals surface area (Å²) in [6, 6.07) is 6.64. The summed E-state index contributed by atoms with van der Waals surface area (Å²) in [4.78, 5) is 4.84. The van der Waals surface area contributed by atoms with E-state index in [0.717, 1.165) is 12.8 Å². The molecule has 23 heavy (non-hydrogen) atoms. The van der Waals surface area contributed by atoms with Crippen molar-refractivity contribution in [3.8, 4) is 0 Å². The van der Waals surface area contributed by atoms with Crippen LogP contribution in [0.1, 0.15) is 84.3 Å². The van der Waals surface area contributed by atoms with E-state index < -0.39 is 0 Å². The van der Waals surface area contributed by atoms with E-state index in [1.807, 2.05) is 0 Å². The van der Waals surface area contributed by atoms with Crippen LogP contribution in [0.4, 0.5) is 5.69 Å². The molecule has 0 aromatic heterocycles. The van der Waals surface area contributed by atoms with Crippen molar-refractivity contribution >= 4 is 11.4 Å². The van der Waals surface area contributed by atoms with Crippen molar-refractivity contribution in [2.45, 2.75) is 73.1 Å². The number of nitrogens with one attached hydrogen (secondary N) is 1. The summed E-state index contributed by atoms with van der Waals surface area (Å²) in [5.74, 6) is 1.01. The van der Waals surface area contributed by atoms with Gasteiger partial charge in [0, 0.05) is 23.0 Å². The van der Waals surface area contributed by atoms with Crippen molar-refractivity contribution in [2.24, 2.45) is 10.4 Å². The zero-order chi connectivity index (χ0) is 17.2. The second kappa shape index (κ2) is 6.90. The summed E-state index contributed by atoms with van der Waals surface area (Å²) in [6.07, 6.45) is 4.24. The molecule has 0 atom stereocenters. The molecular formula is C21H32N2. The Labute approximate surface area is 142 Å². The van der Waals surface area contributed by atoms with Crippen LogP contribution in [0.25, 0.3) is 0 Å². The standard InChI is InChI=1S/C21H32N2/c1-14(2)17-9-8-10-18(15(3)4)20(17)22-13-16-11-12-19(23-16)21(5,6)7/h8-10,13-15,22H,11-12H2,1-7H3/b16-13-. The quantitative estimate of drug-likeness (QED) is 0.677. The summed E-state index contributed by atoms with van der Waals surface area (Å²) >= 11 is 0. The molecular weight excluding hydrogens is 280 g/mol. The van der Waals surface area contributed by atoms with Crippen LogP contribution >= 0.6 is 0 Å². The first-order chi connectivity index (χ1) is 10.7. The van der Waals surface area contributed by atoms with E-state index in [-0.39, 0.29) is 5.41 Å². The highest BCUT2D eigenvalue weighted by atomic mass is 14.9. The van der Waals surface area contributed by atoms with Gasteiger partial charge < -0.3 is 5.32 Å². The van der Waals surface area contributed by atoms with Crippen molar-refractivity contribution in [3.05, 3.63) is 41.2 Å². The maximum Gasteiger partial charge on any atom is 0.0566 e. The fourth-order valence-electron chi connectivity index (χ4n) is 3.05. The molecule has 0 bridgehead atoms. The lowest BCUT2D eigenvalue weighted by Crippen LogP contribution is -2.17. The predicted octanol–water partition coefficient (Wildman–Crippen LogP) is 6.47. The number of para-hydroxylation sites is 1. The maximum absolute atomic E-state index is 4.84. The number of anilines is 1. The van der Waals surface area contributed by atoms with Crippen LogP contribution in [0.2, 0.25) is 0 Å². The van der Waals surface area contributed by atoms with E-state index in [2.05, 4.69) is 78.2 Å². The zero-order valence-corrected chi connectivity index (χ0v) is 15.8. The van der Waals surface area contributed by atoms with E-state index in [1.54, 1.807) is 0 Å². The Morgan fingerprint density at radius 2 is 1.57 bits per heavy atom. The van der Waals surface area contributed by atoms with Crippen molar-refractivity contribution in [2.75, 3.05) is 5.32 Å². The van der Waals surface area contributed by atoms with Gasteiger partial charge in [0.15, 0.2) is 0 Å². The van der Waals surface area contributed by atoms with Crippen LogP contribution in [0, 0.1) is 5.41 Å². The first kappa shape index (κ1) is 17.8. The van der Waals surface area contributed by atoms with Gasteiger partial charge in [-0.2, -0.15) is 0 Å². The molecule has 126 valence electrons. The molecule has 0 radical (unpaired) electrons. The molecule has 1 aromatic rings. The highest BCUT2D eigenvalue weighted by molar-refractivity contribution is 5.92. The zero-order valence-electron chi connectivity index (χ0n) is 15.8. The summed E-state index contributed by atoms with van der Waals surface area (Å²) in [5, 5.41) is 3.59. The Kier molecular flexibility index (Phi) is 5.33. The van der Waals surface area contributed by atoms with E-state index in [9.17, 15) is 0 Å². The van der Waals surface area contributed by atoms with Crippen LogP contribution in [0.5, 0.6) is 0 Å². The molecule has 0 spiro atoms. The third-order valence-electron chi connectivity index (χ3n) is 4.52. The lowest BCUT2D eigenvalue weighted by molar-refractivity contribution is 0.583. The Bertz CT molecular complexity index is 587. The van der Waals surface area contributed by atoms with E-state index in [0.29, 0.717) is 11.8 Å². The molecule has 0 saturated heterocycles. The average molecular weight is 313 g/mol. The molecule has 1 N–H and O–H groups in total. The SMILES string of the molecule is CC(C)c1cccc(C(C)C)c1N/C=C1/CCC(C(C)(C)C)=N1. The Hall–Kier alpha value is -1.57. The van der Waals surface area contributed by atoms with Crippen molar-refractivity contribution in [1.29, 1.82) is 0 Å². The number of hydrogen-bond acceptors (Lipinski definition) is 2. The minimum atomic E-state index is 0.175. The number of aliphatic imine (C=N–C) groups is 1. The topological polar surface area (TPSA) is 24.4 Å². The Morgan fingerprint density at radius 1 is 1.00 bits per heavy atom. The van der Waals surface area contributed by atoms with E-state index in [1.165, 1.54) is 28.2 Å². The number of rotatable bonds is 4. The molecule has 2 heteroatoms. The van der Waals surface area contributed by atoms with Crippen molar-refractivity contribution in [1.82, 2.24) is 0 Å². The average Bonchev–Trinajstić information content (AvgIpc) is 2.93. The third-order valence-corrected chi connectivity index (χ3v) is 4.52. The second-order valence-corrected chi connectivity index (χ2v) is 8.21.